The van der Waals surface area contributed by atoms with Gasteiger partial charge in [-0.1, -0.05) is 27.7 Å². The number of hydrogen-bond donors (Lipinski definition) is 2. The van der Waals surface area contributed by atoms with Gasteiger partial charge in [-0.05, 0) is 43.3 Å². The summed E-state index contributed by atoms with van der Waals surface area (Å²) in [6.07, 6.45) is 1.34. The lowest BCUT2D eigenvalue weighted by Crippen LogP contribution is -2.15. The highest BCUT2D eigenvalue weighted by Crippen LogP contribution is 2.21. The maximum Gasteiger partial charge on any atom is 0.000300 e. The van der Waals surface area contributed by atoms with Crippen LogP contribution in [0, 0.1) is 17.3 Å². The minimum Gasteiger partial charge on any atom is -0.316 e. The summed E-state index contributed by atoms with van der Waals surface area (Å²) in [7, 11) is 0. The molecule has 0 amide bonds. The Hall–Kier alpha value is -0.0800. The SMILES string of the molecule is CC1(C)CCNC1.CC1CNCC1C. The fraction of sp³-hybridized carbons (Fsp3) is 1.00. The Bertz CT molecular complexity index is 150. The van der Waals surface area contributed by atoms with Gasteiger partial charge in [-0.2, -0.15) is 0 Å². The molecule has 14 heavy (non-hydrogen) atoms. The zero-order chi connectivity index (χ0) is 10.6. The van der Waals surface area contributed by atoms with Crippen LogP contribution in [0.1, 0.15) is 34.1 Å². The average molecular weight is 198 g/mol. The normalized spacial score (nSPS) is 35.1. The number of hydrogen-bond acceptors (Lipinski definition) is 2. The zero-order valence-corrected chi connectivity index (χ0v) is 10.2. The second kappa shape index (κ2) is 5.13. The Kier molecular flexibility index (Phi) is 4.39. The van der Waals surface area contributed by atoms with E-state index in [1.54, 1.807) is 0 Å². The van der Waals surface area contributed by atoms with Crippen LogP contribution in [-0.2, 0) is 0 Å². The molecule has 2 heterocycles. The molecule has 2 aliphatic heterocycles. The van der Waals surface area contributed by atoms with Crippen molar-refractivity contribution < 1.29 is 0 Å². The van der Waals surface area contributed by atoms with Gasteiger partial charge in [0.15, 0.2) is 0 Å². The highest BCUT2D eigenvalue weighted by Gasteiger charge is 2.21. The van der Waals surface area contributed by atoms with E-state index in [-0.39, 0.29) is 0 Å². The van der Waals surface area contributed by atoms with E-state index >= 15 is 0 Å². The number of nitrogens with one attached hydrogen (secondary N) is 2. The van der Waals surface area contributed by atoms with Gasteiger partial charge in [-0.25, -0.2) is 0 Å². The van der Waals surface area contributed by atoms with Gasteiger partial charge in [0.05, 0.1) is 0 Å². The first kappa shape index (κ1) is 12.0. The average Bonchev–Trinajstić information content (AvgIpc) is 2.64. The van der Waals surface area contributed by atoms with Crippen LogP contribution < -0.4 is 10.6 Å². The fourth-order valence-corrected chi connectivity index (χ4v) is 1.88. The van der Waals surface area contributed by atoms with E-state index in [0.717, 1.165) is 11.8 Å². The van der Waals surface area contributed by atoms with Gasteiger partial charge in [0, 0.05) is 6.54 Å². The Labute approximate surface area is 88.8 Å². The molecule has 2 atom stereocenters. The highest BCUT2D eigenvalue weighted by molar-refractivity contribution is 4.78. The van der Waals surface area contributed by atoms with E-state index < -0.39 is 0 Å². The van der Waals surface area contributed by atoms with Crippen molar-refractivity contribution in [2.24, 2.45) is 17.3 Å². The van der Waals surface area contributed by atoms with Crippen LogP contribution in [-0.4, -0.2) is 26.2 Å². The van der Waals surface area contributed by atoms with Crippen molar-refractivity contribution in [2.45, 2.75) is 34.1 Å². The minimum absolute atomic E-state index is 0.583. The Morgan fingerprint density at radius 3 is 1.71 bits per heavy atom. The smallest absolute Gasteiger partial charge is 0.000300 e. The molecule has 0 bridgehead atoms. The molecule has 0 aliphatic carbocycles. The third kappa shape index (κ3) is 3.97. The molecule has 0 spiro atoms. The Morgan fingerprint density at radius 2 is 1.57 bits per heavy atom. The molecule has 0 aromatic carbocycles. The van der Waals surface area contributed by atoms with Crippen LogP contribution >= 0.6 is 0 Å². The highest BCUT2D eigenvalue weighted by atomic mass is 14.9. The van der Waals surface area contributed by atoms with E-state index in [1.165, 1.54) is 32.6 Å². The van der Waals surface area contributed by atoms with Crippen LogP contribution in [0.2, 0.25) is 0 Å². The summed E-state index contributed by atoms with van der Waals surface area (Å²) < 4.78 is 0. The largest absolute Gasteiger partial charge is 0.316 e. The summed E-state index contributed by atoms with van der Waals surface area (Å²) in [6.45, 7) is 14.1. The second-order valence-electron chi connectivity index (χ2n) is 5.70. The van der Waals surface area contributed by atoms with Gasteiger partial charge in [0.25, 0.3) is 0 Å². The maximum atomic E-state index is 3.32. The van der Waals surface area contributed by atoms with Gasteiger partial charge < -0.3 is 10.6 Å². The summed E-state index contributed by atoms with van der Waals surface area (Å²) in [4.78, 5) is 0. The quantitative estimate of drug-likeness (QED) is 0.621. The lowest BCUT2D eigenvalue weighted by atomic mass is 9.93. The molecule has 2 N–H and O–H groups in total. The van der Waals surface area contributed by atoms with E-state index in [1.807, 2.05) is 0 Å². The minimum atomic E-state index is 0.583. The molecule has 0 radical (unpaired) electrons. The summed E-state index contributed by atoms with van der Waals surface area (Å²) >= 11 is 0. The molecule has 84 valence electrons. The summed E-state index contributed by atoms with van der Waals surface area (Å²) in [5, 5.41) is 6.63. The first-order chi connectivity index (χ1) is 6.51. The van der Waals surface area contributed by atoms with Crippen LogP contribution in [0.4, 0.5) is 0 Å². The molecular weight excluding hydrogens is 172 g/mol. The molecule has 2 unspecified atom stereocenters. The molecule has 0 aromatic heterocycles. The predicted molar refractivity (Wildman–Crippen MR) is 62.5 cm³/mol. The van der Waals surface area contributed by atoms with Gasteiger partial charge in [-0.3, -0.25) is 0 Å². The van der Waals surface area contributed by atoms with Crippen LogP contribution in [0.5, 0.6) is 0 Å². The zero-order valence-electron chi connectivity index (χ0n) is 10.2. The second-order valence-corrected chi connectivity index (χ2v) is 5.70. The van der Waals surface area contributed by atoms with Crippen molar-refractivity contribution in [1.29, 1.82) is 0 Å². The summed E-state index contributed by atoms with van der Waals surface area (Å²) in [5.74, 6) is 1.81. The van der Waals surface area contributed by atoms with Crippen molar-refractivity contribution >= 4 is 0 Å². The molecule has 0 saturated carbocycles. The predicted octanol–water partition coefficient (Wildman–Crippen LogP) is 1.87. The van der Waals surface area contributed by atoms with E-state index in [9.17, 15) is 0 Å². The van der Waals surface area contributed by atoms with E-state index in [2.05, 4.69) is 38.3 Å². The van der Waals surface area contributed by atoms with Crippen molar-refractivity contribution in [2.75, 3.05) is 26.2 Å². The lowest BCUT2D eigenvalue weighted by molar-refractivity contribution is 0.413. The summed E-state index contributed by atoms with van der Waals surface area (Å²) in [5.41, 5.74) is 0.583. The van der Waals surface area contributed by atoms with Crippen LogP contribution in [0.25, 0.3) is 0 Å². The monoisotopic (exact) mass is 198 g/mol. The summed E-state index contributed by atoms with van der Waals surface area (Å²) in [6, 6.07) is 0. The van der Waals surface area contributed by atoms with Crippen molar-refractivity contribution in [1.82, 2.24) is 10.6 Å². The Balaban J connectivity index is 0.000000140. The van der Waals surface area contributed by atoms with Crippen molar-refractivity contribution in [3.05, 3.63) is 0 Å². The molecule has 0 aromatic rings. The molecule has 2 nitrogen and oxygen atoms in total. The third-order valence-corrected chi connectivity index (χ3v) is 3.49. The molecule has 2 heteroatoms. The maximum absolute atomic E-state index is 3.32. The molecular formula is C12H26N2. The molecule has 2 aliphatic rings. The molecule has 2 rings (SSSR count). The van der Waals surface area contributed by atoms with Gasteiger partial charge in [0.1, 0.15) is 0 Å². The van der Waals surface area contributed by atoms with Gasteiger partial charge in [-0.15, -0.1) is 0 Å². The first-order valence-electron chi connectivity index (χ1n) is 5.93. The molecule has 2 fully saturated rings. The van der Waals surface area contributed by atoms with Crippen molar-refractivity contribution in [3.8, 4) is 0 Å². The standard InChI is InChI=1S/2C6H13N/c1-5-3-7-4-6(5)2;1-6(2)3-4-7-5-6/h5-7H,3-4H2,1-2H3;7H,3-5H2,1-2H3. The fourth-order valence-electron chi connectivity index (χ4n) is 1.88. The Morgan fingerprint density at radius 1 is 1.00 bits per heavy atom. The van der Waals surface area contributed by atoms with Crippen LogP contribution in [0.3, 0.4) is 0 Å². The van der Waals surface area contributed by atoms with Gasteiger partial charge in [0.2, 0.25) is 0 Å². The van der Waals surface area contributed by atoms with E-state index in [4.69, 9.17) is 0 Å². The van der Waals surface area contributed by atoms with Crippen molar-refractivity contribution in [3.63, 3.8) is 0 Å². The lowest BCUT2D eigenvalue weighted by Gasteiger charge is -2.12. The van der Waals surface area contributed by atoms with E-state index in [0.29, 0.717) is 5.41 Å². The van der Waals surface area contributed by atoms with Crippen LogP contribution in [0.15, 0.2) is 0 Å². The first-order valence-corrected chi connectivity index (χ1v) is 5.93. The van der Waals surface area contributed by atoms with Gasteiger partial charge >= 0.3 is 0 Å². The number of rotatable bonds is 0. The topological polar surface area (TPSA) is 24.1 Å². The molecule has 2 saturated heterocycles. The third-order valence-electron chi connectivity index (χ3n) is 3.49.